The second-order valence-electron chi connectivity index (χ2n) is 4.87. The van der Waals surface area contributed by atoms with Gasteiger partial charge in [0.05, 0.1) is 6.04 Å². The molecule has 2 aromatic rings. The first-order chi connectivity index (χ1) is 9.74. The predicted molar refractivity (Wildman–Crippen MR) is 77.0 cm³/mol. The molecule has 6 heteroatoms. The van der Waals surface area contributed by atoms with Gasteiger partial charge in [0.2, 0.25) is 0 Å². The number of aromatic nitrogens is 2. The molecular weight excluding hydrogens is 274 g/mol. The fourth-order valence-corrected chi connectivity index (χ4v) is 3.54. The predicted octanol–water partition coefficient (Wildman–Crippen LogP) is 2.36. The molecule has 1 aliphatic heterocycles. The molecule has 0 aliphatic carbocycles. The van der Waals surface area contributed by atoms with E-state index < -0.39 is 0 Å². The van der Waals surface area contributed by atoms with Gasteiger partial charge in [-0.05, 0) is 24.8 Å². The van der Waals surface area contributed by atoms with Gasteiger partial charge in [-0.25, -0.2) is 0 Å². The van der Waals surface area contributed by atoms with E-state index in [2.05, 4.69) is 16.3 Å². The number of fused-ring (bicyclic) bond motifs is 1. The minimum atomic E-state index is -0.00638. The molecule has 5 nitrogen and oxygen atoms in total. The molecular formula is C14H17N3O2S. The molecule has 0 radical (unpaired) electrons. The fraction of sp³-hybridized carbons (Fsp3) is 0.429. The highest BCUT2D eigenvalue weighted by molar-refractivity contribution is 7.10. The summed E-state index contributed by atoms with van der Waals surface area (Å²) in [5, 5.41) is 9.15. The van der Waals surface area contributed by atoms with Crippen LogP contribution in [-0.4, -0.2) is 41.3 Å². The lowest BCUT2D eigenvalue weighted by atomic mass is 10.1. The van der Waals surface area contributed by atoms with Gasteiger partial charge in [-0.3, -0.25) is 9.89 Å². The second-order valence-corrected chi connectivity index (χ2v) is 5.85. The normalized spacial score (nSPS) is 17.8. The van der Waals surface area contributed by atoms with Crippen molar-refractivity contribution < 1.29 is 9.53 Å². The first kappa shape index (κ1) is 13.3. The van der Waals surface area contributed by atoms with Gasteiger partial charge in [0.15, 0.2) is 5.69 Å². The lowest BCUT2D eigenvalue weighted by Crippen LogP contribution is -2.30. The largest absolute Gasteiger partial charge is 0.385 e. The second kappa shape index (κ2) is 5.38. The number of ether oxygens (including phenoxy) is 1. The minimum absolute atomic E-state index is 0.00638. The number of rotatable bonds is 5. The van der Waals surface area contributed by atoms with Crippen molar-refractivity contribution in [2.45, 2.75) is 19.4 Å². The lowest BCUT2D eigenvalue weighted by molar-refractivity contribution is 0.0725. The van der Waals surface area contributed by atoms with Crippen molar-refractivity contribution in [3.05, 3.63) is 39.3 Å². The number of H-pyrrole nitrogens is 1. The molecule has 0 bridgehead atoms. The number of thiophene rings is 1. The van der Waals surface area contributed by atoms with Crippen molar-refractivity contribution in [2.24, 2.45) is 0 Å². The Kier molecular flexibility index (Phi) is 3.58. The van der Waals surface area contributed by atoms with Gasteiger partial charge in [0.25, 0.3) is 5.91 Å². The Morgan fingerprint density at radius 2 is 2.40 bits per heavy atom. The van der Waals surface area contributed by atoms with E-state index >= 15 is 0 Å². The molecule has 2 aromatic heterocycles. The van der Waals surface area contributed by atoms with Crippen LogP contribution < -0.4 is 0 Å². The number of methoxy groups -OCH3 is 1. The third-order valence-electron chi connectivity index (χ3n) is 3.60. The molecule has 1 atom stereocenters. The van der Waals surface area contributed by atoms with Crippen molar-refractivity contribution in [1.29, 1.82) is 0 Å². The Balaban J connectivity index is 1.96. The molecule has 1 amide bonds. The molecule has 3 rings (SSSR count). The van der Waals surface area contributed by atoms with E-state index in [1.165, 1.54) is 4.88 Å². The van der Waals surface area contributed by atoms with Crippen LogP contribution in [0, 0.1) is 6.92 Å². The third kappa shape index (κ3) is 2.05. The van der Waals surface area contributed by atoms with Crippen molar-refractivity contribution in [3.63, 3.8) is 0 Å². The van der Waals surface area contributed by atoms with E-state index in [1.807, 2.05) is 23.3 Å². The van der Waals surface area contributed by atoms with Gasteiger partial charge >= 0.3 is 0 Å². The number of carbonyl (C=O) groups excluding carboxylic acids is 1. The molecule has 1 unspecified atom stereocenters. The maximum absolute atomic E-state index is 12.5. The summed E-state index contributed by atoms with van der Waals surface area (Å²) in [6.07, 6.45) is 0.831. The number of aromatic amines is 1. The van der Waals surface area contributed by atoms with Crippen molar-refractivity contribution in [1.82, 2.24) is 15.1 Å². The average Bonchev–Trinajstić information content (AvgIpc) is 3.12. The first-order valence-electron chi connectivity index (χ1n) is 6.62. The highest BCUT2D eigenvalue weighted by Crippen LogP contribution is 2.40. The van der Waals surface area contributed by atoms with Gasteiger partial charge in [-0.15, -0.1) is 11.3 Å². The summed E-state index contributed by atoms with van der Waals surface area (Å²) >= 11 is 1.67. The van der Waals surface area contributed by atoms with Crippen molar-refractivity contribution >= 4 is 17.2 Å². The topological polar surface area (TPSA) is 58.2 Å². The Bertz CT molecular complexity index is 606. The van der Waals surface area contributed by atoms with E-state index in [4.69, 9.17) is 4.74 Å². The average molecular weight is 291 g/mol. The molecule has 1 aliphatic rings. The molecule has 0 spiro atoms. The van der Waals surface area contributed by atoms with E-state index in [0.29, 0.717) is 18.8 Å². The van der Waals surface area contributed by atoms with Gasteiger partial charge in [-0.2, -0.15) is 5.10 Å². The van der Waals surface area contributed by atoms with Crippen LogP contribution in [0.15, 0.2) is 17.5 Å². The Hall–Kier alpha value is -1.66. The molecule has 20 heavy (non-hydrogen) atoms. The van der Waals surface area contributed by atoms with Crippen LogP contribution in [0.25, 0.3) is 0 Å². The standard InChI is InChI=1S/C14H17N3O2S/c1-9-11-12(16-15-9)14(18)17(6-4-7-19-2)13(11)10-5-3-8-20-10/h3,5,8,13H,4,6-7H2,1-2H3,(H,15,16). The van der Waals surface area contributed by atoms with Crippen molar-refractivity contribution in [2.75, 3.05) is 20.3 Å². The molecule has 0 saturated heterocycles. The summed E-state index contributed by atoms with van der Waals surface area (Å²) < 4.78 is 5.09. The summed E-state index contributed by atoms with van der Waals surface area (Å²) in [6.45, 7) is 3.31. The summed E-state index contributed by atoms with van der Waals surface area (Å²) in [5.41, 5.74) is 2.56. The Morgan fingerprint density at radius 3 is 3.10 bits per heavy atom. The highest BCUT2D eigenvalue weighted by Gasteiger charge is 2.41. The molecule has 1 N–H and O–H groups in total. The molecule has 0 fully saturated rings. The van der Waals surface area contributed by atoms with Crippen LogP contribution in [0.2, 0.25) is 0 Å². The van der Waals surface area contributed by atoms with Crippen LogP contribution >= 0.6 is 11.3 Å². The lowest BCUT2D eigenvalue weighted by Gasteiger charge is -2.24. The van der Waals surface area contributed by atoms with E-state index in [0.717, 1.165) is 17.7 Å². The number of nitrogens with one attached hydrogen (secondary N) is 1. The van der Waals surface area contributed by atoms with E-state index in [9.17, 15) is 4.79 Å². The fourth-order valence-electron chi connectivity index (χ4n) is 2.70. The summed E-state index contributed by atoms with van der Waals surface area (Å²) in [6, 6.07) is 4.09. The van der Waals surface area contributed by atoms with E-state index in [-0.39, 0.29) is 11.9 Å². The Labute approximate surface area is 121 Å². The number of aryl methyl sites for hydroxylation is 1. The van der Waals surface area contributed by atoms with Crippen molar-refractivity contribution in [3.8, 4) is 0 Å². The zero-order valence-corrected chi connectivity index (χ0v) is 12.4. The summed E-state index contributed by atoms with van der Waals surface area (Å²) in [5.74, 6) is 0.0128. The SMILES string of the molecule is COCCCN1C(=O)c2n[nH]c(C)c2C1c1cccs1. The summed E-state index contributed by atoms with van der Waals surface area (Å²) in [7, 11) is 1.68. The number of hydrogen-bond acceptors (Lipinski definition) is 4. The van der Waals surface area contributed by atoms with Crippen LogP contribution in [0.1, 0.15) is 39.1 Å². The zero-order valence-electron chi connectivity index (χ0n) is 11.5. The molecule has 3 heterocycles. The maximum atomic E-state index is 12.5. The maximum Gasteiger partial charge on any atom is 0.275 e. The summed E-state index contributed by atoms with van der Waals surface area (Å²) in [4.78, 5) is 15.6. The number of hydrogen-bond donors (Lipinski definition) is 1. The first-order valence-corrected chi connectivity index (χ1v) is 7.50. The molecule has 0 saturated carbocycles. The van der Waals surface area contributed by atoms with Gasteiger partial charge in [0.1, 0.15) is 0 Å². The smallest absolute Gasteiger partial charge is 0.275 e. The minimum Gasteiger partial charge on any atom is -0.385 e. The Morgan fingerprint density at radius 1 is 1.55 bits per heavy atom. The van der Waals surface area contributed by atoms with Gasteiger partial charge in [0, 0.05) is 36.4 Å². The molecule has 106 valence electrons. The van der Waals surface area contributed by atoms with Crippen LogP contribution in [0.4, 0.5) is 0 Å². The monoisotopic (exact) mass is 291 g/mol. The number of nitrogens with zero attached hydrogens (tertiary/aromatic N) is 2. The van der Waals surface area contributed by atoms with Crippen LogP contribution in [-0.2, 0) is 4.74 Å². The highest BCUT2D eigenvalue weighted by atomic mass is 32.1. The molecule has 0 aromatic carbocycles. The van der Waals surface area contributed by atoms with Crippen LogP contribution in [0.5, 0.6) is 0 Å². The zero-order chi connectivity index (χ0) is 14.1. The van der Waals surface area contributed by atoms with Gasteiger partial charge in [-0.1, -0.05) is 6.07 Å². The number of amides is 1. The van der Waals surface area contributed by atoms with E-state index in [1.54, 1.807) is 18.4 Å². The third-order valence-corrected chi connectivity index (χ3v) is 4.53. The quantitative estimate of drug-likeness (QED) is 0.860. The number of carbonyl (C=O) groups is 1. The van der Waals surface area contributed by atoms with Crippen LogP contribution in [0.3, 0.4) is 0 Å². The van der Waals surface area contributed by atoms with Gasteiger partial charge < -0.3 is 9.64 Å².